The van der Waals surface area contributed by atoms with E-state index in [9.17, 15) is 4.79 Å². The maximum absolute atomic E-state index is 12.4. The van der Waals surface area contributed by atoms with Gasteiger partial charge in [0, 0.05) is 44.7 Å². The summed E-state index contributed by atoms with van der Waals surface area (Å²) in [6.45, 7) is 5.87. The molecule has 0 bridgehead atoms. The van der Waals surface area contributed by atoms with Crippen LogP contribution in [0.3, 0.4) is 0 Å². The molecule has 2 N–H and O–H groups in total. The van der Waals surface area contributed by atoms with E-state index in [2.05, 4.69) is 32.7 Å². The molecule has 1 aromatic carbocycles. The molecular weight excluding hydrogens is 541 g/mol. The van der Waals surface area contributed by atoms with E-state index < -0.39 is 0 Å². The minimum Gasteiger partial charge on any atom is -0.475 e. The number of aliphatic imine (C=N–C) groups is 1. The highest BCUT2D eigenvalue weighted by atomic mass is 127. The van der Waals surface area contributed by atoms with Crippen molar-refractivity contribution in [3.63, 3.8) is 0 Å². The van der Waals surface area contributed by atoms with Crippen molar-refractivity contribution in [2.24, 2.45) is 10.9 Å². The second-order valence-electron chi connectivity index (χ2n) is 7.43. The molecule has 1 unspecified atom stereocenters. The van der Waals surface area contributed by atoms with E-state index in [4.69, 9.17) is 16.3 Å². The van der Waals surface area contributed by atoms with E-state index in [1.807, 2.05) is 30.0 Å². The summed E-state index contributed by atoms with van der Waals surface area (Å²) < 4.78 is 5.60. The minimum absolute atomic E-state index is 0. The molecular formula is C23H31ClIN5O2. The highest BCUT2D eigenvalue weighted by Gasteiger charge is 2.29. The van der Waals surface area contributed by atoms with Gasteiger partial charge in [0.15, 0.2) is 5.96 Å². The summed E-state index contributed by atoms with van der Waals surface area (Å²) in [5.41, 5.74) is 1.25. The van der Waals surface area contributed by atoms with Gasteiger partial charge in [0.05, 0.1) is 6.54 Å². The zero-order chi connectivity index (χ0) is 21.9. The number of halogens is 2. The van der Waals surface area contributed by atoms with Gasteiger partial charge in [0.2, 0.25) is 11.8 Å². The van der Waals surface area contributed by atoms with E-state index in [1.165, 1.54) is 5.56 Å². The van der Waals surface area contributed by atoms with E-state index >= 15 is 0 Å². The molecule has 0 radical (unpaired) electrons. The van der Waals surface area contributed by atoms with Crippen LogP contribution < -0.4 is 15.4 Å². The molecule has 2 heterocycles. The number of hydrogen-bond acceptors (Lipinski definition) is 4. The third-order valence-electron chi connectivity index (χ3n) is 5.02. The third-order valence-corrected chi connectivity index (χ3v) is 5.31. The molecule has 1 atom stereocenters. The lowest BCUT2D eigenvalue weighted by molar-refractivity contribution is -0.127. The van der Waals surface area contributed by atoms with Gasteiger partial charge in [-0.25, -0.2) is 4.98 Å². The SMILES string of the molecule is CCNC(=NCC1CC(=O)N(CCc2ccccc2)C1)NCCOc1ncccc1Cl.I. The summed E-state index contributed by atoms with van der Waals surface area (Å²) in [6.07, 6.45) is 3.08. The Morgan fingerprint density at radius 3 is 2.81 bits per heavy atom. The van der Waals surface area contributed by atoms with Crippen molar-refractivity contribution in [1.82, 2.24) is 20.5 Å². The lowest BCUT2D eigenvalue weighted by Crippen LogP contribution is -2.39. The number of amides is 1. The zero-order valence-corrected chi connectivity index (χ0v) is 21.4. The number of likely N-dealkylation sites (tertiary alicyclic amines) is 1. The molecule has 1 fully saturated rings. The summed E-state index contributed by atoms with van der Waals surface area (Å²) in [6, 6.07) is 13.8. The average Bonchev–Trinajstić information content (AvgIpc) is 3.14. The van der Waals surface area contributed by atoms with Gasteiger partial charge in [0.1, 0.15) is 11.6 Å². The Morgan fingerprint density at radius 1 is 1.25 bits per heavy atom. The van der Waals surface area contributed by atoms with Gasteiger partial charge < -0.3 is 20.3 Å². The number of hydrogen-bond donors (Lipinski definition) is 2. The van der Waals surface area contributed by atoms with Gasteiger partial charge in [-0.1, -0.05) is 41.9 Å². The van der Waals surface area contributed by atoms with Crippen LogP contribution in [-0.2, 0) is 11.2 Å². The zero-order valence-electron chi connectivity index (χ0n) is 18.3. The number of rotatable bonds is 10. The molecule has 0 spiro atoms. The van der Waals surface area contributed by atoms with Gasteiger partial charge in [-0.3, -0.25) is 9.79 Å². The van der Waals surface area contributed by atoms with Crippen molar-refractivity contribution in [1.29, 1.82) is 0 Å². The van der Waals surface area contributed by atoms with Crippen LogP contribution in [0.1, 0.15) is 18.9 Å². The van der Waals surface area contributed by atoms with Gasteiger partial charge in [-0.2, -0.15) is 0 Å². The van der Waals surface area contributed by atoms with Crippen molar-refractivity contribution in [3.05, 3.63) is 59.2 Å². The maximum Gasteiger partial charge on any atom is 0.232 e. The number of nitrogens with zero attached hydrogens (tertiary/aromatic N) is 3. The van der Waals surface area contributed by atoms with E-state index in [-0.39, 0.29) is 35.8 Å². The summed E-state index contributed by atoms with van der Waals surface area (Å²) >= 11 is 6.04. The molecule has 0 saturated carbocycles. The molecule has 1 aliphatic heterocycles. The Balaban J connectivity index is 0.00000363. The third kappa shape index (κ3) is 8.46. The fraction of sp³-hybridized carbons (Fsp3) is 0.435. The fourth-order valence-electron chi connectivity index (χ4n) is 3.46. The largest absolute Gasteiger partial charge is 0.475 e. The topological polar surface area (TPSA) is 78.9 Å². The number of guanidine groups is 1. The number of pyridine rings is 1. The number of ether oxygens (including phenoxy) is 1. The maximum atomic E-state index is 12.4. The molecule has 32 heavy (non-hydrogen) atoms. The van der Waals surface area contributed by atoms with Crippen LogP contribution in [0.2, 0.25) is 5.02 Å². The highest BCUT2D eigenvalue weighted by molar-refractivity contribution is 14.0. The first-order valence-electron chi connectivity index (χ1n) is 10.7. The number of carbonyl (C=O) groups excluding carboxylic acids is 1. The van der Waals surface area contributed by atoms with Crippen LogP contribution in [0.15, 0.2) is 53.7 Å². The van der Waals surface area contributed by atoms with Crippen molar-refractivity contribution >= 4 is 47.4 Å². The lowest BCUT2D eigenvalue weighted by atomic mass is 10.1. The number of aromatic nitrogens is 1. The first-order chi connectivity index (χ1) is 15.2. The molecule has 174 valence electrons. The fourth-order valence-corrected chi connectivity index (χ4v) is 3.63. The molecule has 1 saturated heterocycles. The first-order valence-corrected chi connectivity index (χ1v) is 11.1. The van der Waals surface area contributed by atoms with Crippen molar-refractivity contribution in [2.75, 3.05) is 39.3 Å². The van der Waals surface area contributed by atoms with Crippen LogP contribution in [0.4, 0.5) is 0 Å². The molecule has 1 aliphatic rings. The second-order valence-corrected chi connectivity index (χ2v) is 7.84. The Morgan fingerprint density at radius 2 is 2.06 bits per heavy atom. The molecule has 2 aromatic rings. The van der Waals surface area contributed by atoms with Crippen LogP contribution in [0.25, 0.3) is 0 Å². The van der Waals surface area contributed by atoms with Crippen molar-refractivity contribution in [2.45, 2.75) is 19.8 Å². The summed E-state index contributed by atoms with van der Waals surface area (Å²) in [7, 11) is 0. The highest BCUT2D eigenvalue weighted by Crippen LogP contribution is 2.20. The summed E-state index contributed by atoms with van der Waals surface area (Å²) in [5, 5.41) is 6.97. The quantitative estimate of drug-likeness (QED) is 0.198. The number of nitrogens with one attached hydrogen (secondary N) is 2. The van der Waals surface area contributed by atoms with E-state index in [0.717, 1.165) is 26.1 Å². The molecule has 7 nitrogen and oxygen atoms in total. The Hall–Kier alpha value is -2.07. The van der Waals surface area contributed by atoms with E-state index in [0.29, 0.717) is 43.0 Å². The second kappa shape index (κ2) is 14.2. The normalized spacial score (nSPS) is 15.9. The van der Waals surface area contributed by atoms with E-state index in [1.54, 1.807) is 18.3 Å². The van der Waals surface area contributed by atoms with Gasteiger partial charge in [-0.15, -0.1) is 24.0 Å². The summed E-state index contributed by atoms with van der Waals surface area (Å²) in [5.74, 6) is 1.60. The molecule has 1 aromatic heterocycles. The lowest BCUT2D eigenvalue weighted by Gasteiger charge is -2.16. The first kappa shape index (κ1) is 26.2. The molecule has 0 aliphatic carbocycles. The number of carbonyl (C=O) groups is 1. The smallest absolute Gasteiger partial charge is 0.232 e. The Kier molecular flexibility index (Phi) is 11.6. The monoisotopic (exact) mass is 571 g/mol. The van der Waals surface area contributed by atoms with Crippen LogP contribution >= 0.6 is 35.6 Å². The van der Waals surface area contributed by atoms with Crippen molar-refractivity contribution in [3.8, 4) is 5.88 Å². The van der Waals surface area contributed by atoms with Gasteiger partial charge in [-0.05, 0) is 31.0 Å². The van der Waals surface area contributed by atoms with Crippen LogP contribution in [0.5, 0.6) is 5.88 Å². The van der Waals surface area contributed by atoms with Crippen LogP contribution in [-0.4, -0.2) is 61.1 Å². The predicted molar refractivity (Wildman–Crippen MR) is 139 cm³/mol. The Bertz CT molecular complexity index is 868. The molecule has 1 amide bonds. The van der Waals surface area contributed by atoms with Crippen molar-refractivity contribution < 1.29 is 9.53 Å². The average molecular weight is 572 g/mol. The standard InChI is InChI=1S/C23H30ClN5O2.HI/c1-2-25-23(27-12-14-31-22-20(24)9-6-11-26-22)28-16-19-15-21(30)29(17-19)13-10-18-7-4-3-5-8-18;/h3-9,11,19H,2,10,12-17H2,1H3,(H2,25,27,28);1H. The van der Waals surface area contributed by atoms with Gasteiger partial charge >= 0.3 is 0 Å². The predicted octanol–water partition coefficient (Wildman–Crippen LogP) is 3.38. The summed E-state index contributed by atoms with van der Waals surface area (Å²) in [4.78, 5) is 23.1. The van der Waals surface area contributed by atoms with Gasteiger partial charge in [0.25, 0.3) is 0 Å². The Labute approximate surface area is 212 Å². The minimum atomic E-state index is 0. The van der Waals surface area contributed by atoms with Crippen LogP contribution in [0, 0.1) is 5.92 Å². The molecule has 9 heteroatoms. The number of benzene rings is 1. The molecule has 3 rings (SSSR count).